The molecule has 0 aliphatic carbocycles. The number of hydrogen-bond donors (Lipinski definition) is 1. The maximum Gasteiger partial charge on any atom is 0.276 e. The van der Waals surface area contributed by atoms with Crippen LogP contribution in [-0.4, -0.2) is 30.7 Å². The van der Waals surface area contributed by atoms with E-state index in [9.17, 15) is 18.0 Å². The SMILES string of the molecule is CCCn1nc(C(=O)Nc2ccc(Cl)c(S(=O)(=O)N(CC)c3ccccc3)c2)ccc1=O. The quantitative estimate of drug-likeness (QED) is 0.535. The second-order valence-corrected chi connectivity index (χ2v) is 9.12. The van der Waals surface area contributed by atoms with Crippen molar-refractivity contribution >= 4 is 38.9 Å². The molecule has 0 fully saturated rings. The van der Waals surface area contributed by atoms with Gasteiger partial charge in [0.1, 0.15) is 10.6 Å². The summed E-state index contributed by atoms with van der Waals surface area (Å²) in [7, 11) is -3.99. The Morgan fingerprint density at radius 1 is 1.09 bits per heavy atom. The van der Waals surface area contributed by atoms with E-state index in [1.165, 1.54) is 39.3 Å². The van der Waals surface area contributed by atoms with E-state index in [-0.39, 0.29) is 33.4 Å². The summed E-state index contributed by atoms with van der Waals surface area (Å²) in [4.78, 5) is 24.4. The lowest BCUT2D eigenvalue weighted by atomic mass is 10.3. The first-order chi connectivity index (χ1) is 15.3. The van der Waals surface area contributed by atoms with Gasteiger partial charge in [0.05, 0.1) is 10.7 Å². The lowest BCUT2D eigenvalue weighted by Gasteiger charge is -2.23. The zero-order valence-electron chi connectivity index (χ0n) is 17.7. The van der Waals surface area contributed by atoms with Crippen molar-refractivity contribution in [2.75, 3.05) is 16.2 Å². The number of halogens is 1. The van der Waals surface area contributed by atoms with Gasteiger partial charge in [-0.25, -0.2) is 13.1 Å². The van der Waals surface area contributed by atoms with Gasteiger partial charge in [0.25, 0.3) is 21.5 Å². The average molecular weight is 475 g/mol. The van der Waals surface area contributed by atoms with Gasteiger partial charge >= 0.3 is 0 Å². The Morgan fingerprint density at radius 3 is 2.47 bits per heavy atom. The number of hydrogen-bond acceptors (Lipinski definition) is 5. The number of para-hydroxylation sites is 1. The van der Waals surface area contributed by atoms with Crippen molar-refractivity contribution in [2.24, 2.45) is 0 Å². The predicted molar refractivity (Wildman–Crippen MR) is 125 cm³/mol. The fraction of sp³-hybridized carbons (Fsp3) is 0.227. The monoisotopic (exact) mass is 474 g/mol. The van der Waals surface area contributed by atoms with Crippen LogP contribution in [0.2, 0.25) is 5.02 Å². The summed E-state index contributed by atoms with van der Waals surface area (Å²) in [5.41, 5.74) is 0.473. The van der Waals surface area contributed by atoms with Crippen molar-refractivity contribution in [1.82, 2.24) is 9.78 Å². The topological polar surface area (TPSA) is 101 Å². The number of aromatic nitrogens is 2. The smallest absolute Gasteiger partial charge is 0.276 e. The number of sulfonamides is 1. The van der Waals surface area contributed by atoms with Crippen LogP contribution in [0.15, 0.2) is 70.4 Å². The molecule has 3 aromatic rings. The molecule has 10 heteroatoms. The van der Waals surface area contributed by atoms with Crippen molar-refractivity contribution in [1.29, 1.82) is 0 Å². The molecule has 0 aliphatic rings. The molecule has 0 atom stereocenters. The molecule has 168 valence electrons. The van der Waals surface area contributed by atoms with E-state index in [0.29, 0.717) is 18.7 Å². The standard InChI is InChI=1S/C22H23ClN4O4S/c1-3-14-26-21(28)13-12-19(25-26)22(29)24-16-10-11-18(23)20(15-16)32(30,31)27(4-2)17-8-6-5-7-9-17/h5-13,15H,3-4,14H2,1-2H3,(H,24,29). The highest BCUT2D eigenvalue weighted by Crippen LogP contribution is 2.30. The molecule has 2 aromatic carbocycles. The summed E-state index contributed by atoms with van der Waals surface area (Å²) in [6.07, 6.45) is 0.686. The first kappa shape index (κ1) is 23.5. The number of nitrogens with zero attached hydrogens (tertiary/aromatic N) is 3. The summed E-state index contributed by atoms with van der Waals surface area (Å²) in [5.74, 6) is -0.573. The Morgan fingerprint density at radius 2 is 1.81 bits per heavy atom. The van der Waals surface area contributed by atoms with E-state index in [2.05, 4.69) is 10.4 Å². The van der Waals surface area contributed by atoms with Crippen LogP contribution in [0.5, 0.6) is 0 Å². The van der Waals surface area contributed by atoms with Crippen LogP contribution in [0.3, 0.4) is 0 Å². The average Bonchev–Trinajstić information content (AvgIpc) is 2.77. The zero-order chi connectivity index (χ0) is 23.3. The fourth-order valence-electron chi connectivity index (χ4n) is 3.12. The van der Waals surface area contributed by atoms with Gasteiger partial charge < -0.3 is 5.32 Å². The molecule has 0 spiro atoms. The Kier molecular flexibility index (Phi) is 7.32. The van der Waals surface area contributed by atoms with Gasteiger partial charge in [-0.3, -0.25) is 13.9 Å². The molecular formula is C22H23ClN4O4S. The molecule has 1 aromatic heterocycles. The summed E-state index contributed by atoms with van der Waals surface area (Å²) in [6.45, 7) is 4.20. The molecule has 32 heavy (non-hydrogen) atoms. The molecule has 0 bridgehead atoms. The van der Waals surface area contributed by atoms with E-state index in [1.807, 2.05) is 6.92 Å². The highest BCUT2D eigenvalue weighted by atomic mass is 35.5. The van der Waals surface area contributed by atoms with Gasteiger partial charge in [-0.2, -0.15) is 5.10 Å². The second kappa shape index (κ2) is 9.97. The normalized spacial score (nSPS) is 11.2. The van der Waals surface area contributed by atoms with Gasteiger partial charge in [0, 0.05) is 24.8 Å². The van der Waals surface area contributed by atoms with E-state index in [0.717, 1.165) is 0 Å². The fourth-order valence-corrected chi connectivity index (χ4v) is 5.10. The highest BCUT2D eigenvalue weighted by molar-refractivity contribution is 7.93. The third-order valence-corrected chi connectivity index (χ3v) is 7.01. The van der Waals surface area contributed by atoms with Crippen molar-refractivity contribution < 1.29 is 13.2 Å². The third-order valence-electron chi connectivity index (χ3n) is 4.62. The van der Waals surface area contributed by atoms with Gasteiger partial charge in [0.15, 0.2) is 0 Å². The lowest BCUT2D eigenvalue weighted by Crippen LogP contribution is -2.31. The summed E-state index contributed by atoms with van der Waals surface area (Å²) in [5, 5.41) is 6.73. The van der Waals surface area contributed by atoms with Crippen LogP contribution < -0.4 is 15.2 Å². The van der Waals surface area contributed by atoms with Crippen LogP contribution in [0, 0.1) is 0 Å². The largest absolute Gasteiger partial charge is 0.321 e. The van der Waals surface area contributed by atoms with E-state index >= 15 is 0 Å². The first-order valence-corrected chi connectivity index (χ1v) is 11.9. The van der Waals surface area contributed by atoms with Crippen molar-refractivity contribution in [3.05, 3.63) is 81.7 Å². The van der Waals surface area contributed by atoms with E-state index in [1.54, 1.807) is 37.3 Å². The Balaban J connectivity index is 1.93. The molecule has 1 N–H and O–H groups in total. The molecule has 0 unspecified atom stereocenters. The number of amides is 1. The van der Waals surface area contributed by atoms with Gasteiger partial charge in [-0.15, -0.1) is 0 Å². The number of carbonyl (C=O) groups excluding carboxylic acids is 1. The Hall–Kier alpha value is -3.17. The first-order valence-electron chi connectivity index (χ1n) is 10.0. The third kappa shape index (κ3) is 5.00. The molecule has 0 saturated heterocycles. The van der Waals surface area contributed by atoms with Crippen LogP contribution in [0.4, 0.5) is 11.4 Å². The summed E-state index contributed by atoms with van der Waals surface area (Å²) < 4.78 is 29.1. The predicted octanol–water partition coefficient (Wildman–Crippen LogP) is 3.77. The number of carbonyl (C=O) groups is 1. The van der Waals surface area contributed by atoms with Crippen LogP contribution in [-0.2, 0) is 16.6 Å². The maximum atomic E-state index is 13.3. The lowest BCUT2D eigenvalue weighted by molar-refractivity contribution is 0.101. The van der Waals surface area contributed by atoms with Crippen LogP contribution >= 0.6 is 11.6 Å². The van der Waals surface area contributed by atoms with Crippen molar-refractivity contribution in [3.63, 3.8) is 0 Å². The molecule has 0 radical (unpaired) electrons. The van der Waals surface area contributed by atoms with Crippen molar-refractivity contribution in [3.8, 4) is 0 Å². The van der Waals surface area contributed by atoms with E-state index < -0.39 is 15.9 Å². The van der Waals surface area contributed by atoms with Gasteiger partial charge in [-0.05, 0) is 49.7 Å². The summed E-state index contributed by atoms with van der Waals surface area (Å²) >= 11 is 6.23. The molecule has 8 nitrogen and oxygen atoms in total. The molecular weight excluding hydrogens is 452 g/mol. The van der Waals surface area contributed by atoms with Gasteiger partial charge in [0.2, 0.25) is 0 Å². The molecule has 0 aliphatic heterocycles. The molecule has 3 rings (SSSR count). The number of rotatable bonds is 8. The minimum atomic E-state index is -3.99. The number of anilines is 2. The molecule has 0 saturated carbocycles. The number of aryl methyl sites for hydroxylation is 1. The zero-order valence-corrected chi connectivity index (χ0v) is 19.2. The summed E-state index contributed by atoms with van der Waals surface area (Å²) in [6, 6.07) is 15.5. The minimum Gasteiger partial charge on any atom is -0.321 e. The van der Waals surface area contributed by atoms with Crippen LogP contribution in [0.25, 0.3) is 0 Å². The highest BCUT2D eigenvalue weighted by Gasteiger charge is 2.26. The molecule has 1 heterocycles. The second-order valence-electron chi connectivity index (χ2n) is 6.88. The number of benzene rings is 2. The molecule has 1 amide bonds. The van der Waals surface area contributed by atoms with Gasteiger partial charge in [-0.1, -0.05) is 36.7 Å². The maximum absolute atomic E-state index is 13.3. The minimum absolute atomic E-state index is 0.0343. The Bertz CT molecular complexity index is 1280. The Labute approximate surface area is 191 Å². The van der Waals surface area contributed by atoms with Crippen molar-refractivity contribution in [2.45, 2.75) is 31.7 Å². The van der Waals surface area contributed by atoms with E-state index in [4.69, 9.17) is 11.6 Å². The van der Waals surface area contributed by atoms with Crippen LogP contribution in [0.1, 0.15) is 30.8 Å². The number of nitrogens with one attached hydrogen (secondary N) is 1.